The first-order valence-corrected chi connectivity index (χ1v) is 6.00. The van der Waals surface area contributed by atoms with Crippen molar-refractivity contribution >= 4 is 8.80 Å². The van der Waals surface area contributed by atoms with E-state index in [4.69, 9.17) is 0 Å². The van der Waals surface area contributed by atoms with Crippen LogP contribution in [0.2, 0.25) is 0 Å². The number of allylic oxidation sites excluding steroid dienone is 2. The minimum absolute atomic E-state index is 0.242. The summed E-state index contributed by atoms with van der Waals surface area (Å²) in [5, 5.41) is 0. The van der Waals surface area contributed by atoms with E-state index in [-0.39, 0.29) is 5.82 Å². The molecule has 0 saturated heterocycles. The topological polar surface area (TPSA) is 0 Å². The minimum atomic E-state index is -0.815. The van der Waals surface area contributed by atoms with Gasteiger partial charge in [0.05, 0.1) is 5.56 Å². The summed E-state index contributed by atoms with van der Waals surface area (Å²) in [6, 6.07) is 6.60. The van der Waals surface area contributed by atoms with Crippen molar-refractivity contribution < 1.29 is 4.39 Å². The molecule has 0 nitrogen and oxygen atoms in total. The monoisotopic (exact) mass is 199 g/mol. The Morgan fingerprint density at radius 2 is 1.79 bits per heavy atom. The van der Waals surface area contributed by atoms with Gasteiger partial charge in [-0.2, -0.15) is 0 Å². The lowest BCUT2D eigenvalue weighted by atomic mass is 10.2. The van der Waals surface area contributed by atoms with Crippen LogP contribution in [-0.2, 0) is 0 Å². The average Bonchev–Trinajstić information content (AvgIpc) is 2.69. The van der Waals surface area contributed by atoms with Gasteiger partial charge in [-0.1, -0.05) is 41.6 Å². The number of halogens is 1. The number of hydrogen-bond donors (Lipinski definition) is 0. The Morgan fingerprint density at radius 3 is 2.50 bits per heavy atom. The largest absolute Gasteiger partial charge is 0.206 e. The van der Waals surface area contributed by atoms with Gasteiger partial charge in [-0.15, -0.1) is 5.54 Å². The third kappa shape index (κ3) is 2.01. The van der Waals surface area contributed by atoms with Gasteiger partial charge in [-0.05, 0) is 12.1 Å². The van der Waals surface area contributed by atoms with Gasteiger partial charge in [-0.3, -0.25) is 0 Å². The fraction of sp³-hybridized carbons (Fsp3) is 0. The highest BCUT2D eigenvalue weighted by molar-refractivity contribution is 6.78. The molecule has 1 aliphatic rings. The van der Waals surface area contributed by atoms with Crippen LogP contribution in [0.25, 0.3) is 0 Å². The molecule has 1 heterocycles. The summed E-state index contributed by atoms with van der Waals surface area (Å²) in [4.78, 5) is 0. The van der Waals surface area contributed by atoms with Gasteiger partial charge in [-0.25, -0.2) is 4.39 Å². The van der Waals surface area contributed by atoms with Crippen LogP contribution < -0.4 is 0 Å². The summed E-state index contributed by atoms with van der Waals surface area (Å²) in [6.45, 7) is 0. The summed E-state index contributed by atoms with van der Waals surface area (Å²) in [5.74, 6) is 2.63. The van der Waals surface area contributed by atoms with Crippen molar-refractivity contribution in [3.05, 3.63) is 59.2 Å². The van der Waals surface area contributed by atoms with E-state index in [1.165, 1.54) is 6.07 Å². The summed E-state index contributed by atoms with van der Waals surface area (Å²) >= 11 is 0. The zero-order valence-electron chi connectivity index (χ0n) is 7.50. The normalized spacial score (nSPS) is 14.1. The van der Waals surface area contributed by atoms with Crippen molar-refractivity contribution in [3.8, 4) is 11.5 Å². The van der Waals surface area contributed by atoms with E-state index in [0.717, 1.165) is 0 Å². The molecule has 0 atom stereocenters. The Balaban J connectivity index is 2.21. The van der Waals surface area contributed by atoms with Crippen LogP contribution in [0.5, 0.6) is 0 Å². The lowest BCUT2D eigenvalue weighted by Crippen LogP contribution is -1.98. The molecule has 2 heteroatoms. The molecule has 67 valence electrons. The van der Waals surface area contributed by atoms with E-state index in [0.29, 0.717) is 5.56 Å². The second kappa shape index (κ2) is 4.08. The quantitative estimate of drug-likeness (QED) is 0.444. The highest BCUT2D eigenvalue weighted by Crippen LogP contribution is 2.04. The third-order valence-electron chi connectivity index (χ3n) is 1.88. The van der Waals surface area contributed by atoms with Crippen LogP contribution in [0, 0.1) is 17.3 Å². The lowest BCUT2D eigenvalue weighted by Gasteiger charge is -1.92. The molecule has 1 aromatic carbocycles. The zero-order valence-corrected chi connectivity index (χ0v) is 8.50. The summed E-state index contributed by atoms with van der Waals surface area (Å²) in [5.41, 5.74) is 7.73. The SMILES string of the molecule is Fc1ccccc1C#C[Si]1C=CC=C1. The van der Waals surface area contributed by atoms with Crippen LogP contribution in [-0.4, -0.2) is 8.80 Å². The highest BCUT2D eigenvalue weighted by atomic mass is 28.3. The van der Waals surface area contributed by atoms with Crippen LogP contribution >= 0.6 is 0 Å². The standard InChI is InChI=1S/C12H8FSi/c13-12-6-2-1-5-11(12)7-10-14-8-3-4-9-14/h1-6,8-9H. The molecule has 0 fully saturated rings. The molecule has 0 amide bonds. The molecule has 0 saturated carbocycles. The second-order valence-corrected chi connectivity index (χ2v) is 4.73. The van der Waals surface area contributed by atoms with Gasteiger partial charge in [0.1, 0.15) is 5.82 Å². The maximum absolute atomic E-state index is 13.1. The van der Waals surface area contributed by atoms with Crippen LogP contribution in [0.1, 0.15) is 5.56 Å². The van der Waals surface area contributed by atoms with Gasteiger partial charge in [0.25, 0.3) is 0 Å². The molecule has 0 spiro atoms. The summed E-state index contributed by atoms with van der Waals surface area (Å²) in [6.07, 6.45) is 3.98. The fourth-order valence-corrected chi connectivity index (χ4v) is 2.35. The number of benzene rings is 1. The smallest absolute Gasteiger partial charge is 0.198 e. The summed E-state index contributed by atoms with van der Waals surface area (Å²) < 4.78 is 13.1. The summed E-state index contributed by atoms with van der Waals surface area (Å²) in [7, 11) is -0.815. The van der Waals surface area contributed by atoms with Crippen LogP contribution in [0.4, 0.5) is 4.39 Å². The van der Waals surface area contributed by atoms with E-state index in [1.807, 2.05) is 12.2 Å². The van der Waals surface area contributed by atoms with Crippen molar-refractivity contribution in [3.63, 3.8) is 0 Å². The molecule has 2 rings (SSSR count). The van der Waals surface area contributed by atoms with Crippen molar-refractivity contribution in [1.29, 1.82) is 0 Å². The van der Waals surface area contributed by atoms with E-state index in [1.54, 1.807) is 18.2 Å². The Bertz CT molecular complexity index is 437. The van der Waals surface area contributed by atoms with Crippen molar-refractivity contribution in [2.45, 2.75) is 0 Å². The number of rotatable bonds is 0. The van der Waals surface area contributed by atoms with E-state index < -0.39 is 8.80 Å². The van der Waals surface area contributed by atoms with E-state index >= 15 is 0 Å². The molecule has 0 aliphatic carbocycles. The first-order chi connectivity index (χ1) is 6.86. The first-order valence-electron chi connectivity index (χ1n) is 4.34. The molecule has 1 aliphatic heterocycles. The van der Waals surface area contributed by atoms with Gasteiger partial charge < -0.3 is 0 Å². The maximum atomic E-state index is 13.1. The lowest BCUT2D eigenvalue weighted by molar-refractivity contribution is 0.624. The molecule has 0 N–H and O–H groups in total. The van der Waals surface area contributed by atoms with Gasteiger partial charge in [0, 0.05) is 0 Å². The van der Waals surface area contributed by atoms with Crippen molar-refractivity contribution in [2.24, 2.45) is 0 Å². The van der Waals surface area contributed by atoms with Gasteiger partial charge in [0.2, 0.25) is 0 Å². The van der Waals surface area contributed by atoms with Gasteiger partial charge in [0.15, 0.2) is 8.80 Å². The van der Waals surface area contributed by atoms with Crippen LogP contribution in [0.3, 0.4) is 0 Å². The molecular weight excluding hydrogens is 191 g/mol. The highest BCUT2D eigenvalue weighted by Gasteiger charge is 2.01. The molecule has 0 aromatic heterocycles. The molecule has 14 heavy (non-hydrogen) atoms. The Morgan fingerprint density at radius 1 is 1.07 bits per heavy atom. The van der Waals surface area contributed by atoms with E-state index in [9.17, 15) is 4.39 Å². The van der Waals surface area contributed by atoms with E-state index in [2.05, 4.69) is 22.9 Å². The average molecular weight is 199 g/mol. The Labute approximate surface area is 84.4 Å². The second-order valence-electron chi connectivity index (χ2n) is 2.90. The minimum Gasteiger partial charge on any atom is -0.206 e. The van der Waals surface area contributed by atoms with Crippen molar-refractivity contribution in [1.82, 2.24) is 0 Å². The van der Waals surface area contributed by atoms with Crippen LogP contribution in [0.15, 0.2) is 47.8 Å². The first kappa shape index (κ1) is 8.98. The Kier molecular flexibility index (Phi) is 2.62. The Hall–Kier alpha value is -1.59. The maximum Gasteiger partial charge on any atom is 0.198 e. The van der Waals surface area contributed by atoms with Gasteiger partial charge >= 0.3 is 0 Å². The fourth-order valence-electron chi connectivity index (χ4n) is 1.16. The molecule has 0 bridgehead atoms. The molecule has 1 radical (unpaired) electrons. The predicted octanol–water partition coefficient (Wildman–Crippen LogP) is 2.42. The predicted molar refractivity (Wildman–Crippen MR) is 57.3 cm³/mol. The molecule has 0 unspecified atom stereocenters. The zero-order chi connectivity index (χ0) is 9.80. The van der Waals surface area contributed by atoms with Crippen molar-refractivity contribution in [2.75, 3.05) is 0 Å². The molecule has 1 aromatic rings. The third-order valence-corrected chi connectivity index (χ3v) is 3.39. The molecular formula is C12H8FSi. The number of hydrogen-bond acceptors (Lipinski definition) is 0.